The maximum Gasteiger partial charge on any atom is 0.214 e. The number of benzene rings is 1. The van der Waals surface area contributed by atoms with E-state index in [4.69, 9.17) is 28.4 Å². The van der Waals surface area contributed by atoms with Crippen LogP contribution in [-0.2, 0) is 35.0 Å². The first-order valence-electron chi connectivity index (χ1n) is 12.2. The van der Waals surface area contributed by atoms with E-state index in [0.717, 1.165) is 11.1 Å². The normalized spacial score (nSPS) is 28.9. The van der Waals surface area contributed by atoms with Gasteiger partial charge in [0.2, 0.25) is 5.90 Å². The third-order valence-electron chi connectivity index (χ3n) is 6.46. The Morgan fingerprint density at radius 3 is 2.57 bits per heavy atom. The van der Waals surface area contributed by atoms with Gasteiger partial charge in [-0.25, -0.2) is 4.99 Å². The van der Waals surface area contributed by atoms with E-state index >= 15 is 0 Å². The topological polar surface area (TPSA) is 88.0 Å². The molecule has 1 N–H and O–H groups in total. The van der Waals surface area contributed by atoms with Crippen molar-refractivity contribution in [3.8, 4) is 0 Å². The molecule has 0 radical (unpaired) electrons. The van der Waals surface area contributed by atoms with Crippen molar-refractivity contribution >= 4 is 5.90 Å². The van der Waals surface area contributed by atoms with Crippen molar-refractivity contribution in [1.29, 1.82) is 0 Å². The lowest BCUT2D eigenvalue weighted by atomic mass is 9.92. The number of aliphatic hydroxyl groups excluding tert-OH is 1. The van der Waals surface area contributed by atoms with Gasteiger partial charge < -0.3 is 33.5 Å². The Bertz CT molecular complexity index is 856. The molecule has 1 saturated heterocycles. The molecule has 196 valence electrons. The van der Waals surface area contributed by atoms with Crippen molar-refractivity contribution in [2.24, 2.45) is 16.8 Å². The van der Waals surface area contributed by atoms with Crippen molar-refractivity contribution in [1.82, 2.24) is 0 Å². The van der Waals surface area contributed by atoms with E-state index in [0.29, 0.717) is 19.1 Å². The van der Waals surface area contributed by atoms with Gasteiger partial charge in [-0.05, 0) is 31.9 Å². The molecule has 0 unspecified atom stereocenters. The minimum absolute atomic E-state index is 0.0124. The lowest BCUT2D eigenvalue weighted by molar-refractivity contribution is -0.172. The Balaban J connectivity index is 1.80. The van der Waals surface area contributed by atoms with Crippen LogP contribution >= 0.6 is 0 Å². The molecule has 1 aromatic carbocycles. The fourth-order valence-corrected chi connectivity index (χ4v) is 4.55. The molecule has 7 atom stereocenters. The summed E-state index contributed by atoms with van der Waals surface area (Å²) in [4.78, 5) is 4.52. The number of aliphatic imine (C=N–C) groups is 1. The first kappa shape index (κ1) is 27.8. The van der Waals surface area contributed by atoms with Gasteiger partial charge in [0.15, 0.2) is 6.29 Å². The Morgan fingerprint density at radius 1 is 1.26 bits per heavy atom. The fourth-order valence-electron chi connectivity index (χ4n) is 4.55. The Kier molecular flexibility index (Phi) is 9.86. The number of methoxy groups -OCH3 is 2. The number of aliphatic hydroxyl groups is 1. The summed E-state index contributed by atoms with van der Waals surface area (Å²) in [6.45, 7) is 10.9. The van der Waals surface area contributed by atoms with E-state index in [-0.39, 0.29) is 30.3 Å². The van der Waals surface area contributed by atoms with Gasteiger partial charge in [0, 0.05) is 26.1 Å². The van der Waals surface area contributed by atoms with Crippen LogP contribution in [0.1, 0.15) is 40.2 Å². The van der Waals surface area contributed by atoms with Crippen LogP contribution in [0.25, 0.3) is 0 Å². The summed E-state index contributed by atoms with van der Waals surface area (Å²) < 4.78 is 35.2. The molecule has 1 fully saturated rings. The summed E-state index contributed by atoms with van der Waals surface area (Å²) in [6.07, 6.45) is -0.452. The Morgan fingerprint density at radius 2 is 1.97 bits per heavy atom. The molecule has 35 heavy (non-hydrogen) atoms. The zero-order valence-corrected chi connectivity index (χ0v) is 22.0. The van der Waals surface area contributed by atoms with Crippen LogP contribution < -0.4 is 0 Å². The van der Waals surface area contributed by atoms with Gasteiger partial charge in [-0.3, -0.25) is 0 Å². The molecular weight excluding hydrogens is 450 g/mol. The first-order chi connectivity index (χ1) is 16.7. The van der Waals surface area contributed by atoms with E-state index in [9.17, 15) is 5.11 Å². The molecule has 0 spiro atoms. The fraction of sp³-hybridized carbons (Fsp3) is 0.667. The van der Waals surface area contributed by atoms with Gasteiger partial charge in [0.1, 0.15) is 31.7 Å². The average Bonchev–Trinajstić information content (AvgIpc) is 3.36. The second-order valence-electron chi connectivity index (χ2n) is 10.1. The van der Waals surface area contributed by atoms with Crippen LogP contribution in [0.15, 0.2) is 47.0 Å². The van der Waals surface area contributed by atoms with E-state index in [2.05, 4.69) is 11.9 Å². The van der Waals surface area contributed by atoms with Gasteiger partial charge in [-0.2, -0.15) is 0 Å². The number of ether oxygens (including phenoxy) is 6. The SMILES string of the molecule is COCO[C@H](/C(C)=C/[C@H](C)[C@@H](O)C1=NC(C)(C)CO1)[C@H]1O[C@H](OC)[C@@H](C)[C@@H]1OCc1ccccc1. The van der Waals surface area contributed by atoms with Gasteiger partial charge in [0.25, 0.3) is 0 Å². The van der Waals surface area contributed by atoms with E-state index in [1.165, 1.54) is 0 Å². The maximum atomic E-state index is 10.9. The Hall–Kier alpha value is -1.81. The summed E-state index contributed by atoms with van der Waals surface area (Å²) >= 11 is 0. The summed E-state index contributed by atoms with van der Waals surface area (Å²) in [6, 6.07) is 10.0. The molecule has 2 aliphatic heterocycles. The van der Waals surface area contributed by atoms with Gasteiger partial charge in [-0.15, -0.1) is 0 Å². The van der Waals surface area contributed by atoms with E-state index in [1.807, 2.05) is 64.1 Å². The third-order valence-corrected chi connectivity index (χ3v) is 6.46. The maximum absolute atomic E-state index is 10.9. The Labute approximate surface area is 209 Å². The van der Waals surface area contributed by atoms with Crippen molar-refractivity contribution in [2.45, 2.75) is 77.5 Å². The minimum atomic E-state index is -0.852. The highest BCUT2D eigenvalue weighted by Crippen LogP contribution is 2.35. The standard InChI is InChI=1S/C27H41NO7/c1-17(21(29)25-28-27(4,5)15-33-25)13-18(2)22(34-16-30-6)24-23(19(3)26(31-7)35-24)32-14-20-11-9-8-10-12-20/h8-13,17,19,21-24,26,29H,14-16H2,1-7H3/b18-13+/t17-,19-,21+,22+,23-,24+,26-/m0/s1. The zero-order chi connectivity index (χ0) is 25.6. The molecule has 1 aromatic rings. The molecular formula is C27H41NO7. The summed E-state index contributed by atoms with van der Waals surface area (Å²) in [5.41, 5.74) is 1.65. The predicted octanol–water partition coefficient (Wildman–Crippen LogP) is 3.72. The van der Waals surface area contributed by atoms with E-state index in [1.54, 1.807) is 14.2 Å². The summed E-state index contributed by atoms with van der Waals surface area (Å²) in [5, 5.41) is 10.9. The van der Waals surface area contributed by atoms with Crippen LogP contribution in [-0.4, -0.2) is 74.9 Å². The number of hydrogen-bond acceptors (Lipinski definition) is 8. The summed E-state index contributed by atoms with van der Waals surface area (Å²) in [7, 11) is 3.22. The van der Waals surface area contributed by atoms with Gasteiger partial charge in [-0.1, -0.05) is 50.3 Å². The van der Waals surface area contributed by atoms with Gasteiger partial charge in [0.05, 0.1) is 18.2 Å². The average molecular weight is 492 g/mol. The van der Waals surface area contributed by atoms with E-state index < -0.39 is 24.6 Å². The zero-order valence-electron chi connectivity index (χ0n) is 22.0. The molecule has 8 nitrogen and oxygen atoms in total. The number of nitrogens with zero attached hydrogens (tertiary/aromatic N) is 1. The minimum Gasteiger partial charge on any atom is -0.477 e. The number of hydrogen-bond donors (Lipinski definition) is 1. The monoisotopic (exact) mass is 491 g/mol. The number of rotatable bonds is 12. The largest absolute Gasteiger partial charge is 0.477 e. The predicted molar refractivity (Wildman–Crippen MR) is 133 cm³/mol. The molecule has 2 heterocycles. The van der Waals surface area contributed by atoms with Gasteiger partial charge >= 0.3 is 0 Å². The molecule has 0 amide bonds. The van der Waals surface area contributed by atoms with Crippen molar-refractivity contribution in [2.75, 3.05) is 27.6 Å². The molecule has 8 heteroatoms. The highest BCUT2D eigenvalue weighted by atomic mass is 16.7. The lowest BCUT2D eigenvalue weighted by Crippen LogP contribution is -2.41. The molecule has 3 rings (SSSR count). The van der Waals surface area contributed by atoms with Crippen molar-refractivity contribution in [3.05, 3.63) is 47.5 Å². The van der Waals surface area contributed by atoms with Crippen LogP contribution in [0.2, 0.25) is 0 Å². The van der Waals surface area contributed by atoms with Crippen LogP contribution in [0.3, 0.4) is 0 Å². The van der Waals surface area contributed by atoms with Crippen LogP contribution in [0, 0.1) is 11.8 Å². The summed E-state index contributed by atoms with van der Waals surface area (Å²) in [5.74, 6) is 0.105. The third kappa shape index (κ3) is 7.12. The molecule has 2 aliphatic rings. The molecule has 0 aromatic heterocycles. The highest BCUT2D eigenvalue weighted by molar-refractivity contribution is 5.83. The molecule has 0 saturated carbocycles. The first-order valence-corrected chi connectivity index (χ1v) is 12.2. The smallest absolute Gasteiger partial charge is 0.214 e. The lowest BCUT2D eigenvalue weighted by Gasteiger charge is -2.30. The highest BCUT2D eigenvalue weighted by Gasteiger charge is 2.47. The molecule has 0 aliphatic carbocycles. The molecule has 0 bridgehead atoms. The van der Waals surface area contributed by atoms with Crippen molar-refractivity contribution < 1.29 is 33.5 Å². The van der Waals surface area contributed by atoms with Crippen molar-refractivity contribution in [3.63, 3.8) is 0 Å². The van der Waals surface area contributed by atoms with Crippen LogP contribution in [0.4, 0.5) is 0 Å². The second-order valence-corrected chi connectivity index (χ2v) is 10.1. The van der Waals surface area contributed by atoms with Crippen LogP contribution in [0.5, 0.6) is 0 Å². The quantitative estimate of drug-likeness (QED) is 0.352. The second kappa shape index (κ2) is 12.4.